The molecule has 0 unspecified atom stereocenters. The van der Waals surface area contributed by atoms with Gasteiger partial charge in [0.2, 0.25) is 0 Å². The van der Waals surface area contributed by atoms with Gasteiger partial charge in [0.05, 0.1) is 5.69 Å². The number of amides is 2. The first kappa shape index (κ1) is 18.1. The molecule has 3 aromatic rings. The lowest BCUT2D eigenvalue weighted by Gasteiger charge is -2.05. The van der Waals surface area contributed by atoms with Gasteiger partial charge in [0, 0.05) is 17.5 Å². The maximum Gasteiger partial charge on any atom is 0.321 e. The molecule has 134 valence electrons. The largest absolute Gasteiger partial charge is 0.338 e. The number of hydrogen-bond donors (Lipinski definition) is 2. The van der Waals surface area contributed by atoms with Gasteiger partial charge in [0.1, 0.15) is 0 Å². The molecule has 0 aliphatic rings. The predicted octanol–water partition coefficient (Wildman–Crippen LogP) is 5.18. The Hall–Kier alpha value is -2.66. The van der Waals surface area contributed by atoms with E-state index in [-0.39, 0.29) is 6.03 Å². The number of urea groups is 1. The monoisotopic (exact) mass is 365 g/mol. The number of aryl methyl sites for hydroxylation is 3. The van der Waals surface area contributed by atoms with Gasteiger partial charge in [0.25, 0.3) is 0 Å². The van der Waals surface area contributed by atoms with Crippen LogP contribution in [0.15, 0.2) is 53.9 Å². The minimum absolute atomic E-state index is 0.209. The van der Waals surface area contributed by atoms with Crippen LogP contribution in [0.2, 0.25) is 0 Å². The number of rotatable bonds is 6. The van der Waals surface area contributed by atoms with E-state index in [9.17, 15) is 4.79 Å². The van der Waals surface area contributed by atoms with Crippen LogP contribution < -0.4 is 10.6 Å². The molecule has 0 spiro atoms. The van der Waals surface area contributed by atoms with Crippen molar-refractivity contribution in [1.29, 1.82) is 0 Å². The van der Waals surface area contributed by atoms with Crippen LogP contribution in [-0.2, 0) is 6.42 Å². The van der Waals surface area contributed by atoms with Crippen LogP contribution in [0, 0.1) is 13.8 Å². The zero-order chi connectivity index (χ0) is 18.4. The van der Waals surface area contributed by atoms with E-state index >= 15 is 0 Å². The lowest BCUT2D eigenvalue weighted by atomic mass is 10.1. The van der Waals surface area contributed by atoms with E-state index in [2.05, 4.69) is 59.8 Å². The van der Waals surface area contributed by atoms with Crippen molar-refractivity contribution >= 4 is 22.5 Å². The molecule has 2 amide bonds. The first-order valence-electron chi connectivity index (χ1n) is 8.74. The van der Waals surface area contributed by atoms with Crippen molar-refractivity contribution in [2.24, 2.45) is 0 Å². The van der Waals surface area contributed by atoms with E-state index in [1.165, 1.54) is 28.0 Å². The van der Waals surface area contributed by atoms with Crippen LogP contribution in [-0.4, -0.2) is 17.6 Å². The molecule has 0 aliphatic carbocycles. The molecular formula is C21H23N3OS. The van der Waals surface area contributed by atoms with Gasteiger partial charge in [-0.25, -0.2) is 9.78 Å². The zero-order valence-corrected chi connectivity index (χ0v) is 15.9. The molecule has 0 fully saturated rings. The van der Waals surface area contributed by atoms with E-state index < -0.39 is 0 Å². The van der Waals surface area contributed by atoms with Crippen molar-refractivity contribution in [3.05, 3.63) is 70.6 Å². The lowest BCUT2D eigenvalue weighted by Crippen LogP contribution is -2.29. The Labute approximate surface area is 158 Å². The maximum atomic E-state index is 12.0. The van der Waals surface area contributed by atoms with Crippen LogP contribution in [0.25, 0.3) is 11.3 Å². The van der Waals surface area contributed by atoms with Gasteiger partial charge in [0.15, 0.2) is 5.13 Å². The molecule has 1 aromatic heterocycles. The molecule has 3 rings (SSSR count). The van der Waals surface area contributed by atoms with E-state index in [0.29, 0.717) is 11.7 Å². The van der Waals surface area contributed by atoms with Gasteiger partial charge in [-0.3, -0.25) is 5.32 Å². The molecule has 26 heavy (non-hydrogen) atoms. The number of nitrogens with zero attached hydrogens (tertiary/aromatic N) is 1. The topological polar surface area (TPSA) is 54.0 Å². The van der Waals surface area contributed by atoms with Gasteiger partial charge in [-0.15, -0.1) is 11.3 Å². The van der Waals surface area contributed by atoms with Crippen molar-refractivity contribution in [2.45, 2.75) is 26.7 Å². The molecule has 2 aromatic carbocycles. The number of nitrogens with one attached hydrogen (secondary N) is 2. The zero-order valence-electron chi connectivity index (χ0n) is 15.1. The fourth-order valence-corrected chi connectivity index (χ4v) is 3.36. The number of hydrogen-bond acceptors (Lipinski definition) is 3. The average molecular weight is 366 g/mol. The highest BCUT2D eigenvalue weighted by Gasteiger charge is 2.08. The maximum absolute atomic E-state index is 12.0. The molecule has 0 saturated heterocycles. The summed E-state index contributed by atoms with van der Waals surface area (Å²) in [6.45, 7) is 4.82. The molecule has 0 radical (unpaired) electrons. The number of thiazole rings is 1. The first-order valence-corrected chi connectivity index (χ1v) is 9.62. The molecule has 1 heterocycles. The van der Waals surface area contributed by atoms with E-state index in [1.54, 1.807) is 0 Å². The number of carbonyl (C=O) groups excluding carboxylic acids is 1. The van der Waals surface area contributed by atoms with Crippen LogP contribution in [0.5, 0.6) is 0 Å². The van der Waals surface area contributed by atoms with Gasteiger partial charge in [-0.2, -0.15) is 0 Å². The molecule has 0 bridgehead atoms. The Bertz CT molecular complexity index is 874. The van der Waals surface area contributed by atoms with E-state index in [4.69, 9.17) is 0 Å². The highest BCUT2D eigenvalue weighted by Crippen LogP contribution is 2.26. The highest BCUT2D eigenvalue weighted by molar-refractivity contribution is 7.14. The average Bonchev–Trinajstić information content (AvgIpc) is 3.10. The normalized spacial score (nSPS) is 10.5. The van der Waals surface area contributed by atoms with Crippen LogP contribution >= 0.6 is 11.3 Å². The summed E-state index contributed by atoms with van der Waals surface area (Å²) in [5, 5.41) is 8.28. The third-order valence-electron chi connectivity index (χ3n) is 4.30. The Kier molecular flexibility index (Phi) is 6.02. The Balaban J connectivity index is 1.47. The molecule has 2 N–H and O–H groups in total. The summed E-state index contributed by atoms with van der Waals surface area (Å²) in [4.78, 5) is 16.5. The molecular weight excluding hydrogens is 342 g/mol. The van der Waals surface area contributed by atoms with Crippen molar-refractivity contribution in [3.8, 4) is 11.3 Å². The standard InChI is InChI=1S/C21H23N3OS/c1-15-10-11-18(13-16(15)2)19-14-26-21(23-19)24-20(25)22-12-6-9-17-7-4-3-5-8-17/h3-5,7-8,10-11,13-14H,6,9,12H2,1-2H3,(H2,22,23,24,25). The minimum atomic E-state index is -0.209. The second kappa shape index (κ2) is 8.63. The van der Waals surface area contributed by atoms with Gasteiger partial charge < -0.3 is 5.32 Å². The predicted molar refractivity (Wildman–Crippen MR) is 109 cm³/mol. The van der Waals surface area contributed by atoms with Crippen LogP contribution in [0.3, 0.4) is 0 Å². The number of aromatic nitrogens is 1. The van der Waals surface area contributed by atoms with E-state index in [0.717, 1.165) is 24.1 Å². The summed E-state index contributed by atoms with van der Waals surface area (Å²) in [6.07, 6.45) is 1.86. The lowest BCUT2D eigenvalue weighted by molar-refractivity contribution is 0.252. The summed E-state index contributed by atoms with van der Waals surface area (Å²) in [6, 6.07) is 16.3. The summed E-state index contributed by atoms with van der Waals surface area (Å²) >= 11 is 1.44. The summed E-state index contributed by atoms with van der Waals surface area (Å²) in [7, 11) is 0. The van der Waals surface area contributed by atoms with Gasteiger partial charge in [-0.05, 0) is 49.4 Å². The second-order valence-electron chi connectivity index (χ2n) is 6.31. The SMILES string of the molecule is Cc1ccc(-c2csc(NC(=O)NCCCc3ccccc3)n2)cc1C. The fraction of sp³-hybridized carbons (Fsp3) is 0.238. The molecule has 0 saturated carbocycles. The Morgan fingerprint density at radius 2 is 1.88 bits per heavy atom. The van der Waals surface area contributed by atoms with Crippen molar-refractivity contribution in [3.63, 3.8) is 0 Å². The number of carbonyl (C=O) groups is 1. The quantitative estimate of drug-likeness (QED) is 0.591. The molecule has 4 nitrogen and oxygen atoms in total. The van der Waals surface area contributed by atoms with Crippen molar-refractivity contribution in [2.75, 3.05) is 11.9 Å². The second-order valence-corrected chi connectivity index (χ2v) is 7.17. The fourth-order valence-electron chi connectivity index (χ4n) is 2.64. The van der Waals surface area contributed by atoms with Crippen LogP contribution in [0.4, 0.5) is 9.93 Å². The highest BCUT2D eigenvalue weighted by atomic mass is 32.1. The third kappa shape index (κ3) is 4.92. The van der Waals surface area contributed by atoms with Gasteiger partial charge >= 0.3 is 6.03 Å². The third-order valence-corrected chi connectivity index (χ3v) is 5.06. The number of benzene rings is 2. The van der Waals surface area contributed by atoms with Crippen molar-refractivity contribution in [1.82, 2.24) is 10.3 Å². The smallest absolute Gasteiger partial charge is 0.321 e. The number of anilines is 1. The van der Waals surface area contributed by atoms with Crippen LogP contribution in [0.1, 0.15) is 23.1 Å². The molecule has 5 heteroatoms. The molecule has 0 atom stereocenters. The van der Waals surface area contributed by atoms with E-state index in [1.807, 2.05) is 23.6 Å². The summed E-state index contributed by atoms with van der Waals surface area (Å²) in [5.74, 6) is 0. The minimum Gasteiger partial charge on any atom is -0.338 e. The molecule has 0 aliphatic heterocycles. The Morgan fingerprint density at radius 3 is 2.65 bits per heavy atom. The Morgan fingerprint density at radius 1 is 1.08 bits per heavy atom. The summed E-state index contributed by atoms with van der Waals surface area (Å²) in [5.41, 5.74) is 5.74. The first-order chi connectivity index (χ1) is 12.6. The van der Waals surface area contributed by atoms with Gasteiger partial charge in [-0.1, -0.05) is 42.5 Å². The van der Waals surface area contributed by atoms with Crippen molar-refractivity contribution < 1.29 is 4.79 Å². The summed E-state index contributed by atoms with van der Waals surface area (Å²) < 4.78 is 0.